The summed E-state index contributed by atoms with van der Waals surface area (Å²) in [7, 11) is 0. The fourth-order valence-electron chi connectivity index (χ4n) is 3.48. The van der Waals surface area contributed by atoms with Crippen LogP contribution in [-0.4, -0.2) is 49.5 Å². The van der Waals surface area contributed by atoms with E-state index in [0.29, 0.717) is 28.3 Å². The predicted molar refractivity (Wildman–Crippen MR) is 114 cm³/mol. The first-order valence-electron chi connectivity index (χ1n) is 9.44. The third-order valence-corrected chi connectivity index (χ3v) is 6.32. The lowest BCUT2D eigenvalue weighted by atomic mass is 10.0. The van der Waals surface area contributed by atoms with Crippen LogP contribution in [0.15, 0.2) is 34.7 Å². The van der Waals surface area contributed by atoms with Crippen molar-refractivity contribution in [3.63, 3.8) is 0 Å². The molecule has 0 atom stereocenters. The molecule has 10 heteroatoms. The quantitative estimate of drug-likeness (QED) is 0.468. The van der Waals surface area contributed by atoms with E-state index in [0.717, 1.165) is 52.5 Å². The highest BCUT2D eigenvalue weighted by molar-refractivity contribution is 7.99. The Hall–Kier alpha value is -2.49. The van der Waals surface area contributed by atoms with Gasteiger partial charge in [-0.15, -0.1) is 0 Å². The van der Waals surface area contributed by atoms with Crippen molar-refractivity contribution in [1.82, 2.24) is 29.9 Å². The maximum absolute atomic E-state index is 6.64. The topological polar surface area (TPSA) is 109 Å². The molecule has 0 spiro atoms. The lowest BCUT2D eigenvalue weighted by molar-refractivity contribution is 0.417. The van der Waals surface area contributed by atoms with Crippen LogP contribution in [0, 0.1) is 5.92 Å². The van der Waals surface area contributed by atoms with E-state index in [4.69, 9.17) is 27.3 Å². The summed E-state index contributed by atoms with van der Waals surface area (Å²) >= 11 is 8.09. The highest BCUT2D eigenvalue weighted by Crippen LogP contribution is 2.38. The van der Waals surface area contributed by atoms with Crippen LogP contribution in [0.1, 0.15) is 12.6 Å². The highest BCUT2D eigenvalue weighted by atomic mass is 35.5. The summed E-state index contributed by atoms with van der Waals surface area (Å²) in [5, 5.41) is 2.22. The van der Waals surface area contributed by atoms with E-state index in [1.165, 1.54) is 11.8 Å². The fourth-order valence-corrected chi connectivity index (χ4v) is 4.59. The van der Waals surface area contributed by atoms with Crippen LogP contribution in [0.25, 0.3) is 22.2 Å². The standard InChI is InChI=1S/C19H19ClN8S/c1-2-12-15(20)14-17(25-12)26-19(27-18(14)28-8-10(6-21)9-28)29-11-5-13-16(24-7-11)23-4-3-22-13/h3-5,7,10H,2,6,8-9,21H2,1H3,(H,25,26,27). The van der Waals surface area contributed by atoms with Crippen molar-refractivity contribution in [2.45, 2.75) is 23.4 Å². The number of H-pyrrole nitrogens is 1. The number of nitrogens with two attached hydrogens (primary N) is 1. The molecule has 1 aliphatic rings. The molecular formula is C19H19ClN8S. The molecule has 0 aromatic carbocycles. The van der Waals surface area contributed by atoms with Gasteiger partial charge in [-0.05, 0) is 30.8 Å². The van der Waals surface area contributed by atoms with Crippen molar-refractivity contribution in [2.24, 2.45) is 11.7 Å². The number of fused-ring (bicyclic) bond motifs is 2. The summed E-state index contributed by atoms with van der Waals surface area (Å²) in [5.41, 5.74) is 8.89. The molecule has 0 unspecified atom stereocenters. The number of anilines is 1. The zero-order valence-electron chi connectivity index (χ0n) is 15.8. The third kappa shape index (κ3) is 3.29. The van der Waals surface area contributed by atoms with Crippen molar-refractivity contribution in [3.8, 4) is 0 Å². The molecule has 8 nitrogen and oxygen atoms in total. The number of aromatic amines is 1. The van der Waals surface area contributed by atoms with E-state index < -0.39 is 0 Å². The van der Waals surface area contributed by atoms with E-state index in [9.17, 15) is 0 Å². The van der Waals surface area contributed by atoms with Crippen LogP contribution >= 0.6 is 23.4 Å². The molecule has 4 aromatic rings. The zero-order chi connectivity index (χ0) is 20.0. The molecule has 1 fully saturated rings. The van der Waals surface area contributed by atoms with Gasteiger partial charge in [0.2, 0.25) is 0 Å². The van der Waals surface area contributed by atoms with Gasteiger partial charge >= 0.3 is 0 Å². The number of halogens is 1. The van der Waals surface area contributed by atoms with Gasteiger partial charge in [0.25, 0.3) is 0 Å². The smallest absolute Gasteiger partial charge is 0.196 e. The molecule has 3 N–H and O–H groups in total. The van der Waals surface area contributed by atoms with Gasteiger partial charge in [0.1, 0.15) is 17.0 Å². The Morgan fingerprint density at radius 1 is 1.24 bits per heavy atom. The normalized spacial score (nSPS) is 14.7. The molecule has 29 heavy (non-hydrogen) atoms. The molecule has 1 aliphatic heterocycles. The van der Waals surface area contributed by atoms with Crippen molar-refractivity contribution in [2.75, 3.05) is 24.5 Å². The Morgan fingerprint density at radius 3 is 2.86 bits per heavy atom. The molecule has 5 heterocycles. The van der Waals surface area contributed by atoms with E-state index in [-0.39, 0.29) is 0 Å². The molecule has 0 amide bonds. The van der Waals surface area contributed by atoms with Crippen LogP contribution in [0.4, 0.5) is 5.82 Å². The number of rotatable bonds is 5. The Kier molecular flexibility index (Phi) is 4.73. The SMILES string of the molecule is CCc1[nH]c2nc(Sc3cnc4nccnc4c3)nc(N3CC(CN)C3)c2c1Cl. The van der Waals surface area contributed by atoms with Crippen molar-refractivity contribution >= 4 is 51.4 Å². The van der Waals surface area contributed by atoms with E-state index in [1.54, 1.807) is 18.6 Å². The first-order valence-corrected chi connectivity index (χ1v) is 10.6. The van der Waals surface area contributed by atoms with Gasteiger partial charge in [0.05, 0.1) is 10.4 Å². The molecule has 0 radical (unpaired) electrons. The molecule has 0 bridgehead atoms. The fraction of sp³-hybridized carbons (Fsp3) is 0.316. The summed E-state index contributed by atoms with van der Waals surface area (Å²) in [6.07, 6.45) is 5.86. The van der Waals surface area contributed by atoms with Crippen molar-refractivity contribution in [1.29, 1.82) is 0 Å². The molecule has 148 valence electrons. The Labute approximate surface area is 176 Å². The average molecular weight is 427 g/mol. The number of hydrogen-bond acceptors (Lipinski definition) is 8. The minimum absolute atomic E-state index is 0.489. The van der Waals surface area contributed by atoms with E-state index >= 15 is 0 Å². The van der Waals surface area contributed by atoms with Gasteiger partial charge < -0.3 is 15.6 Å². The van der Waals surface area contributed by atoms with Crippen LogP contribution in [0.2, 0.25) is 5.02 Å². The molecular weight excluding hydrogens is 408 g/mol. The second kappa shape index (κ2) is 7.40. The van der Waals surface area contributed by atoms with Gasteiger partial charge in [-0.1, -0.05) is 18.5 Å². The number of pyridine rings is 1. The van der Waals surface area contributed by atoms with Gasteiger partial charge in [-0.2, -0.15) is 0 Å². The molecule has 1 saturated heterocycles. The molecule has 4 aromatic heterocycles. The lowest BCUT2D eigenvalue weighted by Gasteiger charge is -2.39. The second-order valence-corrected chi connectivity index (χ2v) is 8.42. The largest absolute Gasteiger partial charge is 0.355 e. The maximum Gasteiger partial charge on any atom is 0.196 e. The summed E-state index contributed by atoms with van der Waals surface area (Å²) in [4.78, 5) is 28.9. The highest BCUT2D eigenvalue weighted by Gasteiger charge is 2.30. The Balaban J connectivity index is 1.56. The number of aryl methyl sites for hydroxylation is 1. The number of nitrogens with one attached hydrogen (secondary N) is 1. The van der Waals surface area contributed by atoms with Gasteiger partial charge in [0.15, 0.2) is 10.8 Å². The first kappa shape index (κ1) is 18.5. The van der Waals surface area contributed by atoms with Crippen LogP contribution < -0.4 is 10.6 Å². The van der Waals surface area contributed by atoms with Crippen LogP contribution in [0.3, 0.4) is 0 Å². The minimum atomic E-state index is 0.489. The predicted octanol–water partition coefficient (Wildman–Crippen LogP) is 3.06. The lowest BCUT2D eigenvalue weighted by Crippen LogP contribution is -2.50. The summed E-state index contributed by atoms with van der Waals surface area (Å²) < 4.78 is 0. The average Bonchev–Trinajstić information content (AvgIpc) is 3.03. The minimum Gasteiger partial charge on any atom is -0.355 e. The number of aromatic nitrogens is 6. The van der Waals surface area contributed by atoms with Crippen molar-refractivity contribution in [3.05, 3.63) is 35.4 Å². The summed E-state index contributed by atoms with van der Waals surface area (Å²) in [6, 6.07) is 1.94. The van der Waals surface area contributed by atoms with Gasteiger partial charge in [0, 0.05) is 48.2 Å². The number of hydrogen-bond donors (Lipinski definition) is 2. The Morgan fingerprint density at radius 2 is 2.07 bits per heavy atom. The van der Waals surface area contributed by atoms with Gasteiger partial charge in [-0.3, -0.25) is 4.98 Å². The van der Waals surface area contributed by atoms with E-state index in [2.05, 4.69) is 31.8 Å². The third-order valence-electron chi connectivity index (χ3n) is 5.08. The van der Waals surface area contributed by atoms with Crippen molar-refractivity contribution < 1.29 is 0 Å². The molecule has 0 saturated carbocycles. The second-order valence-electron chi connectivity index (χ2n) is 7.00. The number of nitrogens with zero attached hydrogens (tertiary/aromatic N) is 6. The summed E-state index contributed by atoms with van der Waals surface area (Å²) in [5.74, 6) is 1.35. The monoisotopic (exact) mass is 426 g/mol. The molecule has 0 aliphatic carbocycles. The van der Waals surface area contributed by atoms with E-state index in [1.807, 2.05) is 6.07 Å². The first-order chi connectivity index (χ1) is 14.2. The molecule has 5 rings (SSSR count). The van der Waals surface area contributed by atoms with Gasteiger partial charge in [-0.25, -0.2) is 19.9 Å². The zero-order valence-corrected chi connectivity index (χ0v) is 17.3. The van der Waals surface area contributed by atoms with Crippen LogP contribution in [0.5, 0.6) is 0 Å². The maximum atomic E-state index is 6.64. The summed E-state index contributed by atoms with van der Waals surface area (Å²) in [6.45, 7) is 4.50. The van der Waals surface area contributed by atoms with Crippen LogP contribution in [-0.2, 0) is 6.42 Å². The Bertz CT molecular complexity index is 1200.